The molecular formula is C32H41N5O2S2. The second-order valence-corrected chi connectivity index (χ2v) is 13.1. The van der Waals surface area contributed by atoms with Crippen molar-refractivity contribution in [1.82, 2.24) is 9.80 Å². The molecule has 2 fully saturated rings. The van der Waals surface area contributed by atoms with E-state index in [0.29, 0.717) is 34.9 Å². The number of thiophene rings is 1. The number of nitrogens with two attached hydrogens (primary N) is 1. The van der Waals surface area contributed by atoms with Crippen molar-refractivity contribution in [3.05, 3.63) is 76.0 Å². The summed E-state index contributed by atoms with van der Waals surface area (Å²) in [5.41, 5.74) is 10.3. The van der Waals surface area contributed by atoms with E-state index >= 15 is 0 Å². The molecular weight excluding hydrogens is 551 g/mol. The van der Waals surface area contributed by atoms with Crippen LogP contribution in [0, 0.1) is 5.41 Å². The van der Waals surface area contributed by atoms with Gasteiger partial charge in [-0.15, -0.1) is 11.8 Å². The molecule has 3 heterocycles. The van der Waals surface area contributed by atoms with Crippen LogP contribution in [0.1, 0.15) is 55.8 Å². The molecule has 2 aliphatic rings. The van der Waals surface area contributed by atoms with Crippen LogP contribution in [0.4, 0.5) is 11.4 Å². The van der Waals surface area contributed by atoms with Gasteiger partial charge in [-0.1, -0.05) is 12.1 Å². The smallest absolute Gasteiger partial charge is 0.246 e. The number of carbonyl (C=O) groups is 1. The van der Waals surface area contributed by atoms with E-state index in [2.05, 4.69) is 46.5 Å². The third-order valence-electron chi connectivity index (χ3n) is 7.71. The summed E-state index contributed by atoms with van der Waals surface area (Å²) in [5.74, 6) is 0.968. The topological polar surface area (TPSA) is 94.7 Å². The molecule has 3 aromatic rings. The average Bonchev–Trinajstić information content (AvgIpc) is 3.67. The maximum atomic E-state index is 13.5. The molecule has 5 rings (SSSR count). The average molecular weight is 592 g/mol. The van der Waals surface area contributed by atoms with Gasteiger partial charge < -0.3 is 15.8 Å². The van der Waals surface area contributed by atoms with Crippen LogP contribution in [0.15, 0.2) is 64.2 Å². The number of morpholine rings is 1. The number of carbonyl (C=O) groups excluding carboxylic acids is 1. The van der Waals surface area contributed by atoms with E-state index in [-0.39, 0.29) is 11.9 Å². The summed E-state index contributed by atoms with van der Waals surface area (Å²) in [6.45, 7) is 9.19. The third kappa shape index (κ3) is 7.78. The Bertz CT molecular complexity index is 1320. The molecule has 3 unspecified atom stereocenters. The summed E-state index contributed by atoms with van der Waals surface area (Å²) in [6, 6.07) is 15.3. The van der Waals surface area contributed by atoms with Crippen LogP contribution >= 0.6 is 23.1 Å². The summed E-state index contributed by atoms with van der Waals surface area (Å²) in [6.07, 6.45) is 3.91. The highest BCUT2D eigenvalue weighted by atomic mass is 32.2. The van der Waals surface area contributed by atoms with Gasteiger partial charge in [0.05, 0.1) is 17.9 Å². The highest BCUT2D eigenvalue weighted by Crippen LogP contribution is 2.30. The number of nitrogens with zero attached hydrogens (tertiary/aromatic N) is 2. The predicted molar refractivity (Wildman–Crippen MR) is 172 cm³/mol. The molecule has 0 aliphatic carbocycles. The van der Waals surface area contributed by atoms with Crippen molar-refractivity contribution in [3.8, 4) is 0 Å². The number of likely N-dealkylation sites (tertiary alicyclic amines) is 1. The van der Waals surface area contributed by atoms with Crippen molar-refractivity contribution < 1.29 is 9.53 Å². The number of nitrogens with one attached hydrogen (secondary N) is 2. The second-order valence-electron chi connectivity index (χ2n) is 11.1. The highest BCUT2D eigenvalue weighted by Gasteiger charge is 2.30. The number of hydrogen-bond acceptors (Lipinski definition) is 8. The zero-order chi connectivity index (χ0) is 28.8. The molecule has 7 nitrogen and oxygen atoms in total. The van der Waals surface area contributed by atoms with Crippen LogP contribution in [0.5, 0.6) is 0 Å². The Morgan fingerprint density at radius 3 is 2.66 bits per heavy atom. The summed E-state index contributed by atoms with van der Waals surface area (Å²) in [7, 11) is 0. The number of amides is 1. The van der Waals surface area contributed by atoms with Crippen LogP contribution in [0.25, 0.3) is 0 Å². The maximum Gasteiger partial charge on any atom is 0.246 e. The van der Waals surface area contributed by atoms with E-state index < -0.39 is 0 Å². The fourth-order valence-electron chi connectivity index (χ4n) is 5.86. The molecule has 2 aromatic carbocycles. The lowest BCUT2D eigenvalue weighted by molar-refractivity contribution is -0.121. The van der Waals surface area contributed by atoms with Gasteiger partial charge in [0.2, 0.25) is 5.91 Å². The van der Waals surface area contributed by atoms with Crippen LogP contribution in [-0.4, -0.2) is 72.1 Å². The van der Waals surface area contributed by atoms with E-state index in [1.54, 1.807) is 17.4 Å². The number of benzene rings is 2. The van der Waals surface area contributed by atoms with Crippen molar-refractivity contribution in [2.75, 3.05) is 49.5 Å². The van der Waals surface area contributed by atoms with Gasteiger partial charge in [-0.2, -0.15) is 11.3 Å². The quantitative estimate of drug-likeness (QED) is 0.108. The molecule has 1 amide bonds. The van der Waals surface area contributed by atoms with Crippen LogP contribution in [0.2, 0.25) is 0 Å². The Morgan fingerprint density at radius 1 is 1.15 bits per heavy atom. The van der Waals surface area contributed by atoms with E-state index in [9.17, 15) is 4.79 Å². The van der Waals surface area contributed by atoms with Crippen molar-refractivity contribution in [3.63, 3.8) is 0 Å². The molecule has 0 spiro atoms. The lowest BCUT2D eigenvalue weighted by atomic mass is 10.00. The van der Waals surface area contributed by atoms with Gasteiger partial charge >= 0.3 is 0 Å². The van der Waals surface area contributed by atoms with Crippen molar-refractivity contribution in [2.45, 2.75) is 56.3 Å². The van der Waals surface area contributed by atoms with Gasteiger partial charge in [0.15, 0.2) is 0 Å². The maximum absolute atomic E-state index is 13.5. The van der Waals surface area contributed by atoms with Crippen LogP contribution in [0.3, 0.4) is 0 Å². The molecule has 0 radical (unpaired) electrons. The van der Waals surface area contributed by atoms with Crippen molar-refractivity contribution >= 4 is 46.1 Å². The lowest BCUT2D eigenvalue weighted by Crippen LogP contribution is -2.45. The van der Waals surface area contributed by atoms with Gasteiger partial charge in [0.1, 0.15) is 6.04 Å². The normalized spacial score (nSPS) is 20.6. The fraction of sp³-hybridized carbons (Fsp3) is 0.438. The molecule has 2 aliphatic heterocycles. The Hall–Kier alpha value is -2.69. The van der Waals surface area contributed by atoms with Gasteiger partial charge in [0.25, 0.3) is 0 Å². The molecule has 3 atom stereocenters. The first-order chi connectivity index (χ1) is 19.9. The highest BCUT2D eigenvalue weighted by molar-refractivity contribution is 7.99. The monoisotopic (exact) mass is 591 g/mol. The molecule has 4 N–H and O–H groups in total. The predicted octanol–water partition coefficient (Wildman–Crippen LogP) is 6.11. The summed E-state index contributed by atoms with van der Waals surface area (Å²) >= 11 is 3.43. The Morgan fingerprint density at radius 2 is 1.93 bits per heavy atom. The minimum absolute atomic E-state index is 0.0491. The summed E-state index contributed by atoms with van der Waals surface area (Å²) in [5, 5.41) is 16.2. The number of nitrogen functional groups attached to an aromatic ring is 1. The van der Waals surface area contributed by atoms with E-state index in [1.165, 1.54) is 0 Å². The molecule has 0 bridgehead atoms. The SMILES string of the molecule is CC1CN(CCCSc2cccc(C(=N)c3cc(NC(=O)C(c4ccsc4)N4CCCC4)ccc3N)c2)CC(C)O1. The lowest BCUT2D eigenvalue weighted by Gasteiger charge is -2.35. The number of anilines is 2. The molecule has 0 saturated carbocycles. The first-order valence-electron chi connectivity index (χ1n) is 14.5. The van der Waals surface area contributed by atoms with Gasteiger partial charge in [0, 0.05) is 40.5 Å². The first-order valence-corrected chi connectivity index (χ1v) is 16.5. The molecule has 218 valence electrons. The van der Waals surface area contributed by atoms with E-state index in [4.69, 9.17) is 15.9 Å². The minimum atomic E-state index is -0.312. The van der Waals surface area contributed by atoms with Gasteiger partial charge in [-0.05, 0) is 111 Å². The molecule has 2 saturated heterocycles. The van der Waals surface area contributed by atoms with Crippen molar-refractivity contribution in [1.29, 1.82) is 5.41 Å². The number of rotatable bonds is 11. The van der Waals surface area contributed by atoms with Crippen LogP contribution < -0.4 is 11.1 Å². The fourth-order valence-corrected chi connectivity index (χ4v) is 7.43. The Kier molecular flexibility index (Phi) is 10.2. The first kappa shape index (κ1) is 29.8. The molecule has 9 heteroatoms. The third-order valence-corrected chi connectivity index (χ3v) is 9.49. The van der Waals surface area contributed by atoms with E-state index in [1.807, 2.05) is 47.5 Å². The number of ether oxygens (including phenoxy) is 1. The zero-order valence-electron chi connectivity index (χ0n) is 24.0. The minimum Gasteiger partial charge on any atom is -0.398 e. The van der Waals surface area contributed by atoms with Crippen molar-refractivity contribution in [2.24, 2.45) is 0 Å². The van der Waals surface area contributed by atoms with Crippen LogP contribution in [-0.2, 0) is 9.53 Å². The summed E-state index contributed by atoms with van der Waals surface area (Å²) < 4.78 is 5.85. The standard InChI is InChI=1S/C32H41N5O2S2/c1-22-19-36(20-23(2)39-22)12-6-15-41-27-8-5-7-24(17-27)30(34)28-18-26(9-10-29(28)33)35-32(38)31(25-11-16-40-21-25)37-13-3-4-14-37/h5,7-11,16-18,21-23,31,34H,3-4,6,12-15,19-20,33H2,1-2H3,(H,35,38). The number of thioether (sulfide) groups is 1. The van der Waals surface area contributed by atoms with Gasteiger partial charge in [-0.3, -0.25) is 20.0 Å². The molecule has 41 heavy (non-hydrogen) atoms. The number of hydrogen-bond donors (Lipinski definition) is 3. The molecule has 1 aromatic heterocycles. The van der Waals surface area contributed by atoms with Gasteiger partial charge in [-0.25, -0.2) is 0 Å². The zero-order valence-corrected chi connectivity index (χ0v) is 25.6. The van der Waals surface area contributed by atoms with E-state index in [0.717, 1.165) is 73.8 Å². The second kappa shape index (κ2) is 14.0. The summed E-state index contributed by atoms with van der Waals surface area (Å²) in [4.78, 5) is 19.4. The largest absolute Gasteiger partial charge is 0.398 e. The Balaban J connectivity index is 1.22. The Labute approximate surface area is 252 Å².